The van der Waals surface area contributed by atoms with E-state index in [1.54, 1.807) is 12.1 Å². The lowest BCUT2D eigenvalue weighted by molar-refractivity contribution is -0.385. The average Bonchev–Trinajstić information content (AvgIpc) is 2.48. The van der Waals surface area contributed by atoms with Crippen LogP contribution in [0.15, 0.2) is 53.4 Å². The molecule has 0 N–H and O–H groups in total. The van der Waals surface area contributed by atoms with Gasteiger partial charge in [0.05, 0.1) is 9.85 Å². The van der Waals surface area contributed by atoms with Crippen molar-refractivity contribution in [2.75, 3.05) is 0 Å². The summed E-state index contributed by atoms with van der Waals surface area (Å²) in [7, 11) is 0. The first-order chi connectivity index (χ1) is 10.5. The molecule has 0 saturated carbocycles. The van der Waals surface area contributed by atoms with E-state index in [-0.39, 0.29) is 15.8 Å². The van der Waals surface area contributed by atoms with E-state index in [0.717, 1.165) is 11.8 Å². The quantitative estimate of drug-likeness (QED) is 0.361. The van der Waals surface area contributed by atoms with Crippen molar-refractivity contribution in [2.45, 2.75) is 4.90 Å². The number of benzene rings is 2. The topological polar surface area (TPSA) is 95.5 Å². The highest BCUT2D eigenvalue weighted by molar-refractivity contribution is 8.22. The van der Waals surface area contributed by atoms with Crippen LogP contribution < -0.4 is 4.74 Å². The SMILES string of the molecule is O=[N+]([O-])c1ccc(OC(=S)Sc2ccc([N+](=O)[O-])cc2)cc1. The molecule has 0 amide bonds. The van der Waals surface area contributed by atoms with Crippen LogP contribution in [0.2, 0.25) is 0 Å². The number of nitro benzene ring substituents is 2. The van der Waals surface area contributed by atoms with E-state index >= 15 is 0 Å². The summed E-state index contributed by atoms with van der Waals surface area (Å²) in [6, 6.07) is 11.4. The first-order valence-electron chi connectivity index (χ1n) is 5.84. The minimum atomic E-state index is -0.506. The van der Waals surface area contributed by atoms with Crippen LogP contribution in [0.3, 0.4) is 0 Å². The molecule has 0 aromatic heterocycles. The van der Waals surface area contributed by atoms with Gasteiger partial charge < -0.3 is 4.74 Å². The molecule has 0 saturated heterocycles. The fourth-order valence-corrected chi connectivity index (χ4v) is 2.47. The zero-order chi connectivity index (χ0) is 16.1. The highest BCUT2D eigenvalue weighted by Crippen LogP contribution is 2.25. The Labute approximate surface area is 134 Å². The smallest absolute Gasteiger partial charge is 0.269 e. The summed E-state index contributed by atoms with van der Waals surface area (Å²) in [6.45, 7) is 0. The maximum absolute atomic E-state index is 10.6. The molecule has 2 aromatic rings. The van der Waals surface area contributed by atoms with Crippen LogP contribution >= 0.6 is 24.0 Å². The molecule has 0 atom stereocenters. The molecule has 112 valence electrons. The van der Waals surface area contributed by atoms with Crippen molar-refractivity contribution in [3.8, 4) is 5.75 Å². The number of thioether (sulfide) groups is 1. The van der Waals surface area contributed by atoms with Gasteiger partial charge in [0.25, 0.3) is 11.4 Å². The zero-order valence-corrected chi connectivity index (χ0v) is 12.5. The summed E-state index contributed by atoms with van der Waals surface area (Å²) in [4.78, 5) is 20.8. The van der Waals surface area contributed by atoms with Gasteiger partial charge in [-0.1, -0.05) is 0 Å². The number of hydrogen-bond donors (Lipinski definition) is 0. The third-order valence-corrected chi connectivity index (χ3v) is 3.59. The molecule has 2 aromatic carbocycles. The minimum Gasteiger partial charge on any atom is -0.439 e. The zero-order valence-electron chi connectivity index (χ0n) is 10.9. The van der Waals surface area contributed by atoms with E-state index in [0.29, 0.717) is 10.6 Å². The highest BCUT2D eigenvalue weighted by Gasteiger charge is 2.09. The first-order valence-corrected chi connectivity index (χ1v) is 7.07. The summed E-state index contributed by atoms with van der Waals surface area (Å²) < 4.78 is 5.55. The first kappa shape index (κ1) is 15.9. The third-order valence-electron chi connectivity index (χ3n) is 2.50. The predicted octanol–water partition coefficient (Wildman–Crippen LogP) is 3.96. The molecule has 0 unspecified atom stereocenters. The number of nitrogens with zero attached hydrogens (tertiary/aromatic N) is 2. The second kappa shape index (κ2) is 6.96. The van der Waals surface area contributed by atoms with Gasteiger partial charge in [0.15, 0.2) is 0 Å². The summed E-state index contributed by atoms with van der Waals surface area (Å²) in [5.74, 6) is 0.380. The van der Waals surface area contributed by atoms with Gasteiger partial charge in [0, 0.05) is 29.2 Å². The lowest BCUT2D eigenvalue weighted by atomic mass is 10.3. The summed E-state index contributed by atoms with van der Waals surface area (Å²) in [6.07, 6.45) is 0. The van der Waals surface area contributed by atoms with Crippen molar-refractivity contribution >= 4 is 39.7 Å². The number of rotatable bonds is 4. The van der Waals surface area contributed by atoms with E-state index in [4.69, 9.17) is 17.0 Å². The second-order valence-electron chi connectivity index (χ2n) is 3.96. The van der Waals surface area contributed by atoms with Crippen molar-refractivity contribution in [2.24, 2.45) is 0 Å². The molecule has 9 heteroatoms. The molecular weight excluding hydrogens is 328 g/mol. The average molecular weight is 336 g/mol. The molecule has 22 heavy (non-hydrogen) atoms. The molecule has 0 heterocycles. The lowest BCUT2D eigenvalue weighted by Crippen LogP contribution is -2.00. The Kier molecular flexibility index (Phi) is 5.02. The molecule has 0 aliphatic rings. The van der Waals surface area contributed by atoms with Gasteiger partial charge >= 0.3 is 0 Å². The maximum Gasteiger partial charge on any atom is 0.269 e. The molecule has 0 spiro atoms. The lowest BCUT2D eigenvalue weighted by Gasteiger charge is -2.06. The molecule has 0 fully saturated rings. The van der Waals surface area contributed by atoms with Crippen LogP contribution in [0.1, 0.15) is 0 Å². The van der Waals surface area contributed by atoms with E-state index in [2.05, 4.69) is 0 Å². The molecular formula is C13H8N2O5S2. The van der Waals surface area contributed by atoms with Gasteiger partial charge in [-0.25, -0.2) is 0 Å². The molecule has 0 radical (unpaired) electrons. The Hall–Kier alpha value is -2.52. The van der Waals surface area contributed by atoms with Crippen molar-refractivity contribution < 1.29 is 14.6 Å². The Morgan fingerprint density at radius 2 is 1.36 bits per heavy atom. The van der Waals surface area contributed by atoms with Gasteiger partial charge in [-0.2, -0.15) is 0 Å². The number of hydrogen-bond acceptors (Lipinski definition) is 7. The minimum absolute atomic E-state index is 0.00782. The third kappa shape index (κ3) is 4.24. The van der Waals surface area contributed by atoms with Gasteiger partial charge in [0.1, 0.15) is 5.75 Å². The number of nitro groups is 2. The summed E-state index contributed by atoms with van der Waals surface area (Å²) >= 11 is 6.18. The van der Waals surface area contributed by atoms with Gasteiger partial charge in [-0.15, -0.1) is 0 Å². The van der Waals surface area contributed by atoms with Gasteiger partial charge in [-0.3, -0.25) is 20.2 Å². The van der Waals surface area contributed by atoms with E-state index < -0.39 is 9.85 Å². The molecule has 2 rings (SSSR count). The van der Waals surface area contributed by atoms with Crippen LogP contribution in [0.5, 0.6) is 5.75 Å². The largest absolute Gasteiger partial charge is 0.439 e. The molecule has 7 nitrogen and oxygen atoms in total. The van der Waals surface area contributed by atoms with Crippen molar-refractivity contribution in [1.82, 2.24) is 0 Å². The Balaban J connectivity index is 1.97. The van der Waals surface area contributed by atoms with Gasteiger partial charge in [-0.05, 0) is 48.2 Å². The van der Waals surface area contributed by atoms with E-state index in [1.807, 2.05) is 0 Å². The Morgan fingerprint density at radius 3 is 1.82 bits per heavy atom. The summed E-state index contributed by atoms with van der Waals surface area (Å²) in [5, 5.41) is 21.1. The van der Waals surface area contributed by atoms with Gasteiger partial charge in [0.2, 0.25) is 4.38 Å². The Morgan fingerprint density at radius 1 is 0.909 bits per heavy atom. The number of non-ortho nitro benzene ring substituents is 2. The number of ether oxygens (including phenoxy) is 1. The van der Waals surface area contributed by atoms with Crippen LogP contribution in [0, 0.1) is 20.2 Å². The predicted molar refractivity (Wildman–Crippen MR) is 85.3 cm³/mol. The van der Waals surface area contributed by atoms with Crippen molar-refractivity contribution in [3.05, 3.63) is 68.8 Å². The van der Waals surface area contributed by atoms with E-state index in [1.165, 1.54) is 36.4 Å². The monoisotopic (exact) mass is 336 g/mol. The van der Waals surface area contributed by atoms with Crippen LogP contribution in [0.25, 0.3) is 0 Å². The highest BCUT2D eigenvalue weighted by atomic mass is 32.2. The maximum atomic E-state index is 10.6. The molecule has 0 bridgehead atoms. The second-order valence-corrected chi connectivity index (χ2v) is 5.63. The van der Waals surface area contributed by atoms with Crippen molar-refractivity contribution in [3.63, 3.8) is 0 Å². The Bertz CT molecular complexity index is 655. The van der Waals surface area contributed by atoms with Crippen molar-refractivity contribution in [1.29, 1.82) is 0 Å². The fourth-order valence-electron chi connectivity index (χ4n) is 1.49. The van der Waals surface area contributed by atoms with Crippen LogP contribution in [-0.4, -0.2) is 14.2 Å². The molecule has 0 aliphatic carbocycles. The normalized spacial score (nSPS) is 10.0. The van der Waals surface area contributed by atoms with Crippen LogP contribution in [0.4, 0.5) is 11.4 Å². The standard InChI is InChI=1S/C13H8N2O5S2/c16-14(17)9-1-5-11(6-2-9)20-13(21)22-12-7-3-10(4-8-12)15(18)19/h1-8H. The summed E-state index contributed by atoms with van der Waals surface area (Å²) in [5.41, 5.74) is -0.0483. The fraction of sp³-hybridized carbons (Fsp3) is 0. The molecule has 0 aliphatic heterocycles. The number of thiocarbonyl (C=S) groups is 1. The van der Waals surface area contributed by atoms with E-state index in [9.17, 15) is 20.2 Å². The van der Waals surface area contributed by atoms with Crippen LogP contribution in [-0.2, 0) is 0 Å².